The fraction of sp³-hybridized carbons (Fsp3) is 0.733. The summed E-state index contributed by atoms with van der Waals surface area (Å²) in [7, 11) is 0. The molecule has 2 unspecified atom stereocenters. The Hall–Kier alpha value is -1.12. The Balaban J connectivity index is 3.10. The first-order chi connectivity index (χ1) is 8.49. The quantitative estimate of drug-likeness (QED) is 0.752. The van der Waals surface area contributed by atoms with Crippen LogP contribution in [-0.2, 0) is 9.53 Å². The lowest BCUT2D eigenvalue weighted by Crippen LogP contribution is -2.22. The van der Waals surface area contributed by atoms with Crippen molar-refractivity contribution in [1.29, 1.82) is 0 Å². The molecule has 1 rings (SSSR count). The third-order valence-electron chi connectivity index (χ3n) is 3.60. The van der Waals surface area contributed by atoms with Crippen LogP contribution in [0.2, 0.25) is 0 Å². The fourth-order valence-electron chi connectivity index (χ4n) is 1.99. The molecule has 0 aromatic carbocycles. The molecule has 1 aliphatic rings. The SMILES string of the molecule is CCOC1=C(C(=O)C(C)C(C)C)C=NCCC1C. The van der Waals surface area contributed by atoms with Gasteiger partial charge in [0.15, 0.2) is 5.78 Å². The number of hydrogen-bond acceptors (Lipinski definition) is 3. The molecule has 0 bridgehead atoms. The summed E-state index contributed by atoms with van der Waals surface area (Å²) in [5.74, 6) is 1.60. The number of carbonyl (C=O) groups is 1. The number of ether oxygens (including phenoxy) is 1. The summed E-state index contributed by atoms with van der Waals surface area (Å²) >= 11 is 0. The standard InChI is InChI=1S/C15H25NO2/c1-6-18-15-11(4)7-8-16-9-13(15)14(17)12(5)10(2)3/h9-12H,6-8H2,1-5H3. The Morgan fingerprint density at radius 2 is 2.17 bits per heavy atom. The largest absolute Gasteiger partial charge is 0.497 e. The van der Waals surface area contributed by atoms with E-state index in [-0.39, 0.29) is 17.6 Å². The van der Waals surface area contributed by atoms with E-state index in [4.69, 9.17) is 4.74 Å². The highest BCUT2D eigenvalue weighted by molar-refractivity contribution is 6.14. The molecule has 0 saturated heterocycles. The molecule has 0 spiro atoms. The van der Waals surface area contributed by atoms with Crippen LogP contribution in [0.15, 0.2) is 16.3 Å². The summed E-state index contributed by atoms with van der Waals surface area (Å²) < 4.78 is 5.71. The Morgan fingerprint density at radius 1 is 1.50 bits per heavy atom. The van der Waals surface area contributed by atoms with Crippen molar-refractivity contribution < 1.29 is 9.53 Å². The van der Waals surface area contributed by atoms with Gasteiger partial charge in [-0.1, -0.05) is 27.7 Å². The summed E-state index contributed by atoms with van der Waals surface area (Å²) in [6, 6.07) is 0. The van der Waals surface area contributed by atoms with Crippen LogP contribution in [-0.4, -0.2) is 25.1 Å². The molecule has 0 aromatic heterocycles. The molecule has 102 valence electrons. The minimum absolute atomic E-state index is 0.00667. The van der Waals surface area contributed by atoms with Crippen molar-refractivity contribution in [3.05, 3.63) is 11.3 Å². The summed E-state index contributed by atoms with van der Waals surface area (Å²) in [4.78, 5) is 16.8. The van der Waals surface area contributed by atoms with Crippen LogP contribution in [0.3, 0.4) is 0 Å². The van der Waals surface area contributed by atoms with Crippen LogP contribution in [0.1, 0.15) is 41.0 Å². The number of ketones is 1. The van der Waals surface area contributed by atoms with E-state index in [9.17, 15) is 4.79 Å². The highest BCUT2D eigenvalue weighted by Gasteiger charge is 2.26. The molecule has 2 atom stereocenters. The predicted octanol–water partition coefficient (Wildman–Crippen LogP) is 3.25. The maximum Gasteiger partial charge on any atom is 0.170 e. The normalized spacial score (nSPS) is 22.0. The predicted molar refractivity (Wildman–Crippen MR) is 74.8 cm³/mol. The van der Waals surface area contributed by atoms with Crippen LogP contribution in [0.25, 0.3) is 0 Å². The van der Waals surface area contributed by atoms with Crippen molar-refractivity contribution in [2.45, 2.75) is 41.0 Å². The molecule has 0 N–H and O–H groups in total. The highest BCUT2D eigenvalue weighted by atomic mass is 16.5. The Labute approximate surface area is 110 Å². The van der Waals surface area contributed by atoms with E-state index in [0.717, 1.165) is 18.7 Å². The zero-order valence-electron chi connectivity index (χ0n) is 12.2. The molecule has 0 saturated carbocycles. The minimum atomic E-state index is 0.00667. The van der Waals surface area contributed by atoms with Gasteiger partial charge in [-0.05, 0) is 19.3 Å². The summed E-state index contributed by atoms with van der Waals surface area (Å²) in [6.45, 7) is 11.5. The first-order valence-corrected chi connectivity index (χ1v) is 6.90. The number of allylic oxidation sites excluding steroid dienone is 2. The second-order valence-corrected chi connectivity index (χ2v) is 5.33. The topological polar surface area (TPSA) is 38.7 Å². The van der Waals surface area contributed by atoms with E-state index in [1.54, 1.807) is 6.21 Å². The summed E-state index contributed by atoms with van der Waals surface area (Å²) in [6.07, 6.45) is 2.66. The second kappa shape index (κ2) is 6.72. The first kappa shape index (κ1) is 14.9. The van der Waals surface area contributed by atoms with Crippen molar-refractivity contribution in [3.63, 3.8) is 0 Å². The molecular formula is C15H25NO2. The van der Waals surface area contributed by atoms with Crippen LogP contribution < -0.4 is 0 Å². The molecule has 3 heteroatoms. The van der Waals surface area contributed by atoms with Gasteiger partial charge in [-0.3, -0.25) is 9.79 Å². The van der Waals surface area contributed by atoms with Crippen molar-refractivity contribution >= 4 is 12.0 Å². The maximum atomic E-state index is 12.5. The van der Waals surface area contributed by atoms with Gasteiger partial charge in [-0.25, -0.2) is 0 Å². The van der Waals surface area contributed by atoms with E-state index < -0.39 is 0 Å². The molecule has 1 heterocycles. The van der Waals surface area contributed by atoms with Crippen molar-refractivity contribution in [2.24, 2.45) is 22.7 Å². The van der Waals surface area contributed by atoms with Crippen LogP contribution >= 0.6 is 0 Å². The van der Waals surface area contributed by atoms with Crippen molar-refractivity contribution in [2.75, 3.05) is 13.2 Å². The number of hydrogen-bond donors (Lipinski definition) is 0. The lowest BCUT2D eigenvalue weighted by molar-refractivity contribution is -0.119. The summed E-state index contributed by atoms with van der Waals surface area (Å²) in [5, 5.41) is 0. The number of nitrogens with zero attached hydrogens (tertiary/aromatic N) is 1. The second-order valence-electron chi connectivity index (χ2n) is 5.33. The molecule has 1 aliphatic heterocycles. The third-order valence-corrected chi connectivity index (χ3v) is 3.60. The van der Waals surface area contributed by atoms with Crippen molar-refractivity contribution in [1.82, 2.24) is 0 Å². The lowest BCUT2D eigenvalue weighted by atomic mass is 9.88. The van der Waals surface area contributed by atoms with E-state index in [1.807, 2.05) is 13.8 Å². The molecule has 0 amide bonds. The molecule has 3 nitrogen and oxygen atoms in total. The fourth-order valence-corrected chi connectivity index (χ4v) is 1.99. The highest BCUT2D eigenvalue weighted by Crippen LogP contribution is 2.25. The average Bonchev–Trinajstić information content (AvgIpc) is 2.51. The number of aliphatic imine (C=N–C) groups is 1. The van der Waals surface area contributed by atoms with Gasteiger partial charge in [0.25, 0.3) is 0 Å². The van der Waals surface area contributed by atoms with Crippen LogP contribution in [0, 0.1) is 17.8 Å². The average molecular weight is 251 g/mol. The molecule has 0 aromatic rings. The Kier molecular flexibility index (Phi) is 5.57. The lowest BCUT2D eigenvalue weighted by Gasteiger charge is -2.20. The van der Waals surface area contributed by atoms with Gasteiger partial charge >= 0.3 is 0 Å². The van der Waals surface area contributed by atoms with E-state index in [2.05, 4.69) is 25.8 Å². The zero-order valence-corrected chi connectivity index (χ0v) is 12.2. The van der Waals surface area contributed by atoms with Gasteiger partial charge < -0.3 is 4.74 Å². The van der Waals surface area contributed by atoms with Crippen LogP contribution in [0.4, 0.5) is 0 Å². The van der Waals surface area contributed by atoms with Gasteiger partial charge in [-0.15, -0.1) is 0 Å². The maximum absolute atomic E-state index is 12.5. The monoisotopic (exact) mass is 251 g/mol. The Bertz CT molecular complexity index is 356. The number of rotatable bonds is 5. The minimum Gasteiger partial charge on any atom is -0.497 e. The third kappa shape index (κ3) is 3.44. The van der Waals surface area contributed by atoms with E-state index in [1.165, 1.54) is 0 Å². The van der Waals surface area contributed by atoms with E-state index in [0.29, 0.717) is 18.1 Å². The molecule has 0 radical (unpaired) electrons. The summed E-state index contributed by atoms with van der Waals surface area (Å²) in [5.41, 5.74) is 0.683. The van der Waals surface area contributed by atoms with Gasteiger partial charge in [0.2, 0.25) is 0 Å². The smallest absolute Gasteiger partial charge is 0.170 e. The molecular weight excluding hydrogens is 226 g/mol. The molecule has 18 heavy (non-hydrogen) atoms. The van der Waals surface area contributed by atoms with Gasteiger partial charge in [0.05, 0.1) is 12.2 Å². The van der Waals surface area contributed by atoms with Crippen LogP contribution in [0.5, 0.6) is 0 Å². The van der Waals surface area contributed by atoms with Gasteiger partial charge in [0.1, 0.15) is 5.76 Å². The first-order valence-electron chi connectivity index (χ1n) is 6.90. The van der Waals surface area contributed by atoms with Gasteiger partial charge in [-0.2, -0.15) is 0 Å². The van der Waals surface area contributed by atoms with Gasteiger partial charge in [0, 0.05) is 24.6 Å². The van der Waals surface area contributed by atoms with E-state index >= 15 is 0 Å². The zero-order chi connectivity index (χ0) is 13.7. The number of Topliss-reactive ketones (excluding diaryl/α,β-unsaturated/α-hetero) is 1. The number of carbonyl (C=O) groups excluding carboxylic acids is 1. The molecule has 0 fully saturated rings. The van der Waals surface area contributed by atoms with Crippen molar-refractivity contribution in [3.8, 4) is 0 Å². The Morgan fingerprint density at radius 3 is 2.72 bits per heavy atom. The molecule has 0 aliphatic carbocycles.